The van der Waals surface area contributed by atoms with Crippen molar-refractivity contribution in [1.82, 2.24) is 9.88 Å². The third-order valence-corrected chi connectivity index (χ3v) is 4.53. The van der Waals surface area contributed by atoms with E-state index >= 15 is 0 Å². The lowest BCUT2D eigenvalue weighted by Crippen LogP contribution is -2.40. The van der Waals surface area contributed by atoms with Crippen LogP contribution < -0.4 is 11.1 Å². The molecule has 136 valence electrons. The van der Waals surface area contributed by atoms with Crippen molar-refractivity contribution in [1.29, 1.82) is 0 Å². The van der Waals surface area contributed by atoms with Crippen LogP contribution in [0.5, 0.6) is 5.75 Å². The van der Waals surface area contributed by atoms with Crippen molar-refractivity contribution in [3.05, 3.63) is 53.9 Å². The lowest BCUT2D eigenvalue weighted by Gasteiger charge is -2.31. The van der Waals surface area contributed by atoms with Crippen molar-refractivity contribution in [2.75, 3.05) is 18.4 Å². The molecule has 1 aliphatic rings. The minimum atomic E-state index is -0.462. The molecule has 3 rings (SSSR count). The molecule has 26 heavy (non-hydrogen) atoms. The van der Waals surface area contributed by atoms with E-state index in [1.807, 2.05) is 24.3 Å². The van der Waals surface area contributed by atoms with Gasteiger partial charge in [-0.05, 0) is 49.2 Å². The number of nitrogens with two attached hydrogens (primary N) is 1. The molecule has 2 aromatic rings. The summed E-state index contributed by atoms with van der Waals surface area (Å²) in [5, 5.41) is 12.4. The Labute approximate surface area is 151 Å². The van der Waals surface area contributed by atoms with Gasteiger partial charge in [-0.15, -0.1) is 0 Å². The van der Waals surface area contributed by atoms with Crippen LogP contribution in [-0.2, 0) is 11.3 Å². The molecule has 1 aliphatic heterocycles. The van der Waals surface area contributed by atoms with Crippen molar-refractivity contribution in [3.8, 4) is 5.75 Å². The third kappa shape index (κ3) is 4.37. The summed E-state index contributed by atoms with van der Waals surface area (Å²) >= 11 is 0. The van der Waals surface area contributed by atoms with Crippen LogP contribution in [0.4, 0.5) is 5.69 Å². The molecule has 2 heterocycles. The van der Waals surface area contributed by atoms with E-state index in [9.17, 15) is 14.7 Å². The van der Waals surface area contributed by atoms with Gasteiger partial charge < -0.3 is 16.2 Å². The van der Waals surface area contributed by atoms with Gasteiger partial charge in [0.2, 0.25) is 5.91 Å². The first-order valence-electron chi connectivity index (χ1n) is 8.59. The number of carbonyl (C=O) groups is 2. The molecule has 7 heteroatoms. The number of nitrogens with zero attached hydrogens (tertiary/aromatic N) is 2. The van der Waals surface area contributed by atoms with Gasteiger partial charge >= 0.3 is 0 Å². The highest BCUT2D eigenvalue weighted by molar-refractivity contribution is 6.04. The maximum Gasteiger partial charge on any atom is 0.278 e. The van der Waals surface area contributed by atoms with E-state index in [2.05, 4.69) is 15.2 Å². The summed E-state index contributed by atoms with van der Waals surface area (Å²) in [6.07, 6.45) is 3.28. The first-order valence-corrected chi connectivity index (χ1v) is 8.59. The second-order valence-corrected chi connectivity index (χ2v) is 6.50. The number of primary amides is 1. The van der Waals surface area contributed by atoms with Gasteiger partial charge in [0.15, 0.2) is 5.69 Å². The highest BCUT2D eigenvalue weighted by Gasteiger charge is 2.23. The highest BCUT2D eigenvalue weighted by atomic mass is 16.3. The summed E-state index contributed by atoms with van der Waals surface area (Å²) in [4.78, 5) is 29.6. The van der Waals surface area contributed by atoms with Crippen LogP contribution >= 0.6 is 0 Å². The molecule has 1 aromatic heterocycles. The number of amides is 2. The smallest absolute Gasteiger partial charge is 0.278 e. The number of piperidine rings is 1. The molecule has 1 atom stereocenters. The van der Waals surface area contributed by atoms with E-state index < -0.39 is 5.91 Å². The lowest BCUT2D eigenvalue weighted by molar-refractivity contribution is -0.123. The number of anilines is 1. The van der Waals surface area contributed by atoms with Crippen molar-refractivity contribution in [2.45, 2.75) is 19.4 Å². The van der Waals surface area contributed by atoms with Gasteiger partial charge in [0.25, 0.3) is 5.91 Å². The normalized spacial score (nSPS) is 17.6. The van der Waals surface area contributed by atoms with E-state index in [0.717, 1.165) is 31.5 Å². The first-order chi connectivity index (χ1) is 12.5. The third-order valence-electron chi connectivity index (χ3n) is 4.53. The Balaban J connectivity index is 1.59. The van der Waals surface area contributed by atoms with Gasteiger partial charge in [-0.2, -0.15) is 0 Å². The Hall–Kier alpha value is -2.93. The van der Waals surface area contributed by atoms with E-state index in [4.69, 9.17) is 5.73 Å². The number of aromatic nitrogens is 1. The minimum Gasteiger partial charge on any atom is -0.505 e. The predicted molar refractivity (Wildman–Crippen MR) is 97.5 cm³/mol. The number of pyridine rings is 1. The molecular weight excluding hydrogens is 332 g/mol. The van der Waals surface area contributed by atoms with E-state index in [-0.39, 0.29) is 23.3 Å². The zero-order valence-electron chi connectivity index (χ0n) is 14.4. The summed E-state index contributed by atoms with van der Waals surface area (Å²) in [5.41, 5.74) is 7.12. The van der Waals surface area contributed by atoms with Crippen LogP contribution in [0.1, 0.15) is 28.9 Å². The monoisotopic (exact) mass is 354 g/mol. The topological polar surface area (TPSA) is 109 Å². The van der Waals surface area contributed by atoms with Crippen LogP contribution in [0.25, 0.3) is 0 Å². The molecule has 7 nitrogen and oxygen atoms in total. The lowest BCUT2D eigenvalue weighted by atomic mass is 9.97. The Morgan fingerprint density at radius 1 is 1.27 bits per heavy atom. The molecule has 1 unspecified atom stereocenters. The fourth-order valence-corrected chi connectivity index (χ4v) is 3.15. The summed E-state index contributed by atoms with van der Waals surface area (Å²) in [6, 6.07) is 10.5. The van der Waals surface area contributed by atoms with Crippen molar-refractivity contribution < 1.29 is 14.7 Å². The number of hydrogen-bond donors (Lipinski definition) is 3. The quantitative estimate of drug-likeness (QED) is 0.758. The summed E-state index contributed by atoms with van der Waals surface area (Å²) in [5.74, 6) is -0.925. The fraction of sp³-hybridized carbons (Fsp3) is 0.316. The van der Waals surface area contributed by atoms with E-state index in [1.54, 1.807) is 6.07 Å². The number of hydrogen-bond acceptors (Lipinski definition) is 5. The molecule has 0 radical (unpaired) electrons. The number of nitrogens with one attached hydrogen (secondary N) is 1. The standard InChI is InChI=1S/C19H22N4O3/c20-18(25)14-3-2-10-23(12-14)11-13-5-7-15(8-6-13)22-19(26)17-16(24)4-1-9-21-17/h1,4-9,14,24H,2-3,10-12H2,(H2,20,25)(H,22,26). The molecule has 4 N–H and O–H groups in total. The van der Waals surface area contributed by atoms with E-state index in [0.29, 0.717) is 12.2 Å². The Bertz CT molecular complexity index is 792. The predicted octanol–water partition coefficient (Wildman–Crippen LogP) is 1.74. The molecule has 0 aliphatic carbocycles. The second kappa shape index (κ2) is 7.97. The van der Waals surface area contributed by atoms with Crippen molar-refractivity contribution in [2.24, 2.45) is 11.7 Å². The largest absolute Gasteiger partial charge is 0.505 e. The Kier molecular flexibility index (Phi) is 5.48. The van der Waals surface area contributed by atoms with Crippen LogP contribution in [0.3, 0.4) is 0 Å². The van der Waals surface area contributed by atoms with Crippen molar-refractivity contribution in [3.63, 3.8) is 0 Å². The summed E-state index contributed by atoms with van der Waals surface area (Å²) < 4.78 is 0. The molecule has 1 saturated heterocycles. The minimum absolute atomic E-state index is 0.0117. The number of carbonyl (C=O) groups excluding carboxylic acids is 2. The fourth-order valence-electron chi connectivity index (χ4n) is 3.15. The van der Waals surface area contributed by atoms with Crippen molar-refractivity contribution >= 4 is 17.5 Å². The molecule has 1 aromatic carbocycles. The zero-order chi connectivity index (χ0) is 18.5. The molecule has 0 saturated carbocycles. The summed E-state index contributed by atoms with van der Waals surface area (Å²) in [6.45, 7) is 2.37. The number of benzene rings is 1. The van der Waals surface area contributed by atoms with Gasteiger partial charge in [0, 0.05) is 25.0 Å². The Morgan fingerprint density at radius 2 is 2.04 bits per heavy atom. The SMILES string of the molecule is NC(=O)C1CCCN(Cc2ccc(NC(=O)c3ncccc3O)cc2)C1. The van der Waals surface area contributed by atoms with Crippen LogP contribution in [0.2, 0.25) is 0 Å². The van der Waals surface area contributed by atoms with Crippen LogP contribution in [0, 0.1) is 5.92 Å². The average Bonchev–Trinajstić information content (AvgIpc) is 2.64. The second-order valence-electron chi connectivity index (χ2n) is 6.50. The molecule has 0 bridgehead atoms. The molecule has 0 spiro atoms. The van der Waals surface area contributed by atoms with Gasteiger partial charge in [0.05, 0.1) is 5.92 Å². The molecule has 1 fully saturated rings. The molecular formula is C19H22N4O3. The maximum absolute atomic E-state index is 12.2. The van der Waals surface area contributed by atoms with Crippen LogP contribution in [-0.4, -0.2) is 39.9 Å². The van der Waals surface area contributed by atoms with E-state index in [1.165, 1.54) is 12.3 Å². The summed E-state index contributed by atoms with van der Waals surface area (Å²) in [7, 11) is 0. The average molecular weight is 354 g/mol. The zero-order valence-corrected chi connectivity index (χ0v) is 14.4. The van der Waals surface area contributed by atoms with Gasteiger partial charge in [-0.1, -0.05) is 12.1 Å². The maximum atomic E-state index is 12.2. The van der Waals surface area contributed by atoms with Gasteiger partial charge in [-0.25, -0.2) is 4.98 Å². The number of aromatic hydroxyl groups is 1. The van der Waals surface area contributed by atoms with Gasteiger partial charge in [-0.3, -0.25) is 14.5 Å². The Morgan fingerprint density at radius 3 is 2.73 bits per heavy atom. The van der Waals surface area contributed by atoms with Gasteiger partial charge in [0.1, 0.15) is 5.75 Å². The van der Waals surface area contributed by atoms with Crippen LogP contribution in [0.15, 0.2) is 42.6 Å². The number of likely N-dealkylation sites (tertiary alicyclic amines) is 1. The molecule has 2 amide bonds. The first kappa shape index (κ1) is 17.9. The highest BCUT2D eigenvalue weighted by Crippen LogP contribution is 2.20. The number of rotatable bonds is 5.